The van der Waals surface area contributed by atoms with Gasteiger partial charge >= 0.3 is 0 Å². The maximum atomic E-state index is 13.5. The highest BCUT2D eigenvalue weighted by molar-refractivity contribution is 6.00. The summed E-state index contributed by atoms with van der Waals surface area (Å²) in [5, 5.41) is 8.71. The molecule has 0 aliphatic rings. The van der Waals surface area contributed by atoms with Crippen LogP contribution >= 0.6 is 0 Å². The molecule has 6 aromatic rings. The lowest BCUT2D eigenvalue weighted by Gasteiger charge is -2.09. The molecule has 2 heterocycles. The van der Waals surface area contributed by atoms with Crippen molar-refractivity contribution in [2.24, 2.45) is 5.10 Å². The van der Waals surface area contributed by atoms with Gasteiger partial charge in [0.2, 0.25) is 5.91 Å². The minimum Gasteiger partial charge on any atom is -0.337 e. The molecule has 39 heavy (non-hydrogen) atoms. The zero-order valence-corrected chi connectivity index (χ0v) is 20.7. The molecule has 1 amide bonds. The third kappa shape index (κ3) is 4.83. The van der Waals surface area contributed by atoms with Gasteiger partial charge in [0.05, 0.1) is 17.1 Å². The first-order valence-corrected chi connectivity index (χ1v) is 12.3. The van der Waals surface area contributed by atoms with Gasteiger partial charge in [0, 0.05) is 33.9 Å². The molecule has 0 spiro atoms. The van der Waals surface area contributed by atoms with Crippen LogP contribution in [0.1, 0.15) is 5.56 Å². The molecule has 1 N–H and O–H groups in total. The van der Waals surface area contributed by atoms with Crippen molar-refractivity contribution in [3.8, 4) is 11.4 Å². The number of carbonyl (C=O) groups is 1. The monoisotopic (exact) mass is 515 g/mol. The van der Waals surface area contributed by atoms with E-state index in [1.807, 2.05) is 77.5 Å². The Morgan fingerprint density at radius 2 is 1.56 bits per heavy atom. The van der Waals surface area contributed by atoms with Crippen LogP contribution in [-0.4, -0.2) is 26.3 Å². The minimum atomic E-state index is -0.371. The van der Waals surface area contributed by atoms with Crippen LogP contribution in [0.2, 0.25) is 0 Å². The van der Waals surface area contributed by atoms with Gasteiger partial charge < -0.3 is 9.88 Å². The zero-order valence-electron chi connectivity index (χ0n) is 20.7. The quantitative estimate of drug-likeness (QED) is 0.290. The third-order valence-electron chi connectivity index (χ3n) is 6.36. The molecule has 0 radical (unpaired) electrons. The predicted octanol–water partition coefficient (Wildman–Crippen LogP) is 5.68. The summed E-state index contributed by atoms with van der Waals surface area (Å²) in [7, 11) is 0. The SMILES string of the molecule is O=C(Cn1cc(C=Nn2c(-c3ccccc3)nc3ccccc3c2=O)c2ccccc21)Nc1ccc(F)cc1. The van der Waals surface area contributed by atoms with Gasteiger partial charge in [-0.25, -0.2) is 9.37 Å². The van der Waals surface area contributed by atoms with Gasteiger partial charge in [0.15, 0.2) is 5.82 Å². The van der Waals surface area contributed by atoms with Gasteiger partial charge in [0.1, 0.15) is 12.4 Å². The number of benzene rings is 4. The molecule has 0 aliphatic heterocycles. The summed E-state index contributed by atoms with van der Waals surface area (Å²) < 4.78 is 16.3. The Balaban J connectivity index is 1.39. The highest BCUT2D eigenvalue weighted by Gasteiger charge is 2.14. The van der Waals surface area contributed by atoms with E-state index in [-0.39, 0.29) is 23.8 Å². The van der Waals surface area contributed by atoms with E-state index in [2.05, 4.69) is 10.4 Å². The lowest BCUT2D eigenvalue weighted by atomic mass is 10.2. The van der Waals surface area contributed by atoms with Gasteiger partial charge in [-0.05, 0) is 42.5 Å². The van der Waals surface area contributed by atoms with Crippen molar-refractivity contribution in [1.29, 1.82) is 0 Å². The summed E-state index contributed by atoms with van der Waals surface area (Å²) in [5.41, 5.74) is 3.16. The van der Waals surface area contributed by atoms with Crippen LogP contribution in [0.3, 0.4) is 0 Å². The summed E-state index contributed by atoms with van der Waals surface area (Å²) >= 11 is 0. The van der Waals surface area contributed by atoms with Crippen molar-refractivity contribution in [2.75, 3.05) is 5.32 Å². The van der Waals surface area contributed by atoms with E-state index in [1.54, 1.807) is 18.3 Å². The number of rotatable bonds is 6. The molecular formula is C31H22FN5O2. The number of aromatic nitrogens is 3. The maximum Gasteiger partial charge on any atom is 0.282 e. The number of nitrogens with one attached hydrogen (secondary N) is 1. The molecule has 0 fully saturated rings. The Bertz CT molecular complexity index is 1910. The smallest absolute Gasteiger partial charge is 0.282 e. The number of hydrogen-bond donors (Lipinski definition) is 1. The lowest BCUT2D eigenvalue weighted by Crippen LogP contribution is -2.20. The second kappa shape index (κ2) is 10.2. The molecule has 7 nitrogen and oxygen atoms in total. The molecule has 0 saturated heterocycles. The number of halogens is 1. The Labute approximate surface area is 222 Å². The highest BCUT2D eigenvalue weighted by atomic mass is 19.1. The van der Waals surface area contributed by atoms with E-state index in [1.165, 1.54) is 28.9 Å². The van der Waals surface area contributed by atoms with Crippen molar-refractivity contribution in [1.82, 2.24) is 14.2 Å². The van der Waals surface area contributed by atoms with E-state index >= 15 is 0 Å². The first-order valence-electron chi connectivity index (χ1n) is 12.3. The van der Waals surface area contributed by atoms with Gasteiger partial charge in [0.25, 0.3) is 5.56 Å². The summed E-state index contributed by atoms with van der Waals surface area (Å²) in [5.74, 6) is -0.199. The molecule has 6 rings (SSSR count). The number of carbonyl (C=O) groups excluding carboxylic acids is 1. The van der Waals surface area contributed by atoms with Gasteiger partial charge in [-0.1, -0.05) is 60.7 Å². The molecule has 4 aromatic carbocycles. The maximum absolute atomic E-state index is 13.5. The number of hydrogen-bond acceptors (Lipinski definition) is 4. The topological polar surface area (TPSA) is 81.3 Å². The van der Waals surface area contributed by atoms with Crippen molar-refractivity contribution < 1.29 is 9.18 Å². The van der Waals surface area contributed by atoms with Crippen molar-refractivity contribution in [3.63, 3.8) is 0 Å². The second-order valence-electron chi connectivity index (χ2n) is 8.96. The third-order valence-corrected chi connectivity index (χ3v) is 6.36. The van der Waals surface area contributed by atoms with Crippen molar-refractivity contribution in [3.05, 3.63) is 131 Å². The molecule has 0 saturated carbocycles. The summed E-state index contributed by atoms with van der Waals surface area (Å²) in [6, 6.07) is 29.9. The Morgan fingerprint density at radius 3 is 2.36 bits per heavy atom. The van der Waals surface area contributed by atoms with Crippen LogP contribution in [-0.2, 0) is 11.3 Å². The van der Waals surface area contributed by atoms with Gasteiger partial charge in [-0.2, -0.15) is 9.78 Å². The largest absolute Gasteiger partial charge is 0.337 e. The van der Waals surface area contributed by atoms with Gasteiger partial charge in [-0.15, -0.1) is 0 Å². The normalized spacial score (nSPS) is 11.4. The summed E-state index contributed by atoms with van der Waals surface area (Å²) in [6.45, 7) is 0.0402. The molecule has 190 valence electrons. The summed E-state index contributed by atoms with van der Waals surface area (Å²) in [4.78, 5) is 31.0. The average molecular weight is 516 g/mol. The fraction of sp³-hybridized carbons (Fsp3) is 0.0323. The Hall–Kier alpha value is -5.37. The van der Waals surface area contributed by atoms with E-state index in [0.29, 0.717) is 22.4 Å². The number of para-hydroxylation sites is 2. The van der Waals surface area contributed by atoms with Crippen LogP contribution in [0.4, 0.5) is 10.1 Å². The van der Waals surface area contributed by atoms with Crippen LogP contribution in [0.25, 0.3) is 33.2 Å². The second-order valence-corrected chi connectivity index (χ2v) is 8.96. The zero-order chi connectivity index (χ0) is 26.8. The lowest BCUT2D eigenvalue weighted by molar-refractivity contribution is -0.116. The van der Waals surface area contributed by atoms with Crippen molar-refractivity contribution in [2.45, 2.75) is 6.54 Å². The van der Waals surface area contributed by atoms with Crippen molar-refractivity contribution >= 4 is 39.6 Å². The first-order chi connectivity index (χ1) is 19.1. The summed E-state index contributed by atoms with van der Waals surface area (Å²) in [6.07, 6.45) is 3.43. The van der Waals surface area contributed by atoms with E-state index in [4.69, 9.17) is 4.98 Å². The number of fused-ring (bicyclic) bond motifs is 2. The molecule has 0 bridgehead atoms. The van der Waals surface area contributed by atoms with E-state index in [0.717, 1.165) is 22.0 Å². The number of amides is 1. The van der Waals surface area contributed by atoms with Crippen LogP contribution in [0.15, 0.2) is 119 Å². The highest BCUT2D eigenvalue weighted by Crippen LogP contribution is 2.22. The number of anilines is 1. The molecule has 2 aromatic heterocycles. The standard InChI is InChI=1S/C31H22FN5O2/c32-23-14-16-24(17-15-23)34-29(38)20-36-19-22(25-10-5-7-13-28(25)36)18-33-37-30(21-8-2-1-3-9-21)35-27-12-6-4-11-26(27)31(37)39/h1-19H,20H2,(H,34,38). The molecule has 0 atom stereocenters. The van der Waals surface area contributed by atoms with E-state index in [9.17, 15) is 14.0 Å². The van der Waals surface area contributed by atoms with E-state index < -0.39 is 0 Å². The number of nitrogens with zero attached hydrogens (tertiary/aromatic N) is 4. The molecular weight excluding hydrogens is 493 g/mol. The van der Waals surface area contributed by atoms with Crippen LogP contribution in [0, 0.1) is 5.82 Å². The fourth-order valence-electron chi connectivity index (χ4n) is 4.52. The molecule has 8 heteroatoms. The fourth-order valence-corrected chi connectivity index (χ4v) is 4.52. The van der Waals surface area contributed by atoms with Crippen LogP contribution < -0.4 is 10.9 Å². The Kier molecular flexibility index (Phi) is 6.26. The van der Waals surface area contributed by atoms with Gasteiger partial charge in [-0.3, -0.25) is 9.59 Å². The first kappa shape index (κ1) is 24.0. The molecule has 0 unspecified atom stereocenters. The molecule has 0 aliphatic carbocycles. The Morgan fingerprint density at radius 1 is 0.872 bits per heavy atom. The average Bonchev–Trinajstić information content (AvgIpc) is 3.31. The van der Waals surface area contributed by atoms with Crippen LogP contribution in [0.5, 0.6) is 0 Å². The minimum absolute atomic E-state index is 0.0402. The predicted molar refractivity (Wildman–Crippen MR) is 151 cm³/mol.